The summed E-state index contributed by atoms with van der Waals surface area (Å²) in [7, 11) is 0. The van der Waals surface area contributed by atoms with Crippen LogP contribution in [0.25, 0.3) is 0 Å². The fourth-order valence-electron chi connectivity index (χ4n) is 0. The van der Waals surface area contributed by atoms with Crippen LogP contribution in [0.4, 0.5) is 4.79 Å². The van der Waals surface area contributed by atoms with Gasteiger partial charge < -0.3 is 17.4 Å². The van der Waals surface area contributed by atoms with Crippen molar-refractivity contribution >= 4 is 6.16 Å². The van der Waals surface area contributed by atoms with Gasteiger partial charge in [0.15, 0.2) is 0 Å². The first kappa shape index (κ1) is 16.1. The fourth-order valence-corrected chi connectivity index (χ4v) is 0. The van der Waals surface area contributed by atoms with Crippen LogP contribution in [0.15, 0.2) is 0 Å². The molecule has 0 fully saturated rings. The zero-order valence-corrected chi connectivity index (χ0v) is 7.79. The number of hydrogen-bond donors (Lipinski definition) is 3. The maximum Gasteiger partial charge on any atom is 1.00 e. The molecule has 0 atom stereocenters. The van der Waals surface area contributed by atoms with Gasteiger partial charge in [0.2, 0.25) is 0 Å². The van der Waals surface area contributed by atoms with Gasteiger partial charge >= 0.3 is 35.7 Å². The van der Waals surface area contributed by atoms with Crippen molar-refractivity contribution in [3.8, 4) is 0 Å². The Morgan fingerprint density at radius 3 is 1.78 bits per heavy atom. The standard InChI is InChI=1S/C3H9N.CH2O3.Na.H/c1-2-3-4;2-1(3)4;;/h2-4H2,1H3;(H2,2,3,4);;/q;;+1;-1. The van der Waals surface area contributed by atoms with Crippen molar-refractivity contribution in [2.45, 2.75) is 13.3 Å². The average Bonchev–Trinajstić information content (AvgIpc) is 1.65. The molecule has 0 saturated heterocycles. The van der Waals surface area contributed by atoms with Crippen LogP contribution in [0.1, 0.15) is 14.8 Å². The molecule has 0 heterocycles. The Kier molecular flexibility index (Phi) is 28.1. The van der Waals surface area contributed by atoms with Gasteiger partial charge in [-0.2, -0.15) is 0 Å². The van der Waals surface area contributed by atoms with Crippen molar-refractivity contribution in [2.24, 2.45) is 5.73 Å². The molecule has 52 valence electrons. The number of carboxylic acid groups (broad SMARTS) is 2. The van der Waals surface area contributed by atoms with Crippen molar-refractivity contribution in [3.05, 3.63) is 0 Å². The summed E-state index contributed by atoms with van der Waals surface area (Å²) in [6.07, 6.45) is -0.736. The Balaban J connectivity index is -0.0000000300. The first-order valence-corrected chi connectivity index (χ1v) is 2.27. The Hall–Kier alpha value is 0.230. The first-order chi connectivity index (χ1) is 3.65. The maximum absolute atomic E-state index is 8.56. The molecule has 0 aliphatic carbocycles. The van der Waals surface area contributed by atoms with Crippen LogP contribution in [0.3, 0.4) is 0 Å². The largest absolute Gasteiger partial charge is 1.00 e. The van der Waals surface area contributed by atoms with Gasteiger partial charge in [0.1, 0.15) is 0 Å². The summed E-state index contributed by atoms with van der Waals surface area (Å²) in [6, 6.07) is 0. The number of rotatable bonds is 1. The predicted octanol–water partition coefficient (Wildman–Crippen LogP) is -2.31. The minimum atomic E-state index is -1.83. The summed E-state index contributed by atoms with van der Waals surface area (Å²) in [4.78, 5) is 8.56. The van der Waals surface area contributed by atoms with Gasteiger partial charge in [-0.05, 0) is 13.0 Å². The van der Waals surface area contributed by atoms with Crippen LogP contribution in [0.5, 0.6) is 0 Å². The Labute approximate surface area is 77.8 Å². The van der Waals surface area contributed by atoms with Gasteiger partial charge in [0.05, 0.1) is 0 Å². The van der Waals surface area contributed by atoms with Crippen molar-refractivity contribution in [1.29, 1.82) is 0 Å². The number of hydrogen-bond acceptors (Lipinski definition) is 2. The van der Waals surface area contributed by atoms with Crippen molar-refractivity contribution in [1.82, 2.24) is 0 Å². The third-order valence-corrected chi connectivity index (χ3v) is 0.289. The van der Waals surface area contributed by atoms with Crippen LogP contribution in [0, 0.1) is 0 Å². The Bertz CT molecular complexity index is 58.5. The molecule has 0 unspecified atom stereocenters. The average molecular weight is 145 g/mol. The van der Waals surface area contributed by atoms with E-state index in [9.17, 15) is 0 Å². The van der Waals surface area contributed by atoms with Gasteiger partial charge in [-0.15, -0.1) is 0 Å². The molecule has 0 amide bonds. The minimum Gasteiger partial charge on any atom is -1.00 e. The first-order valence-electron chi connectivity index (χ1n) is 2.27. The molecule has 0 aliphatic heterocycles. The third kappa shape index (κ3) is 211. The summed E-state index contributed by atoms with van der Waals surface area (Å²) < 4.78 is 0. The number of carbonyl (C=O) groups is 1. The quantitative estimate of drug-likeness (QED) is 0.362. The molecule has 4 N–H and O–H groups in total. The molecule has 0 aromatic heterocycles. The number of nitrogens with two attached hydrogens (primary N) is 1. The van der Waals surface area contributed by atoms with Crippen LogP contribution in [-0.2, 0) is 0 Å². The second kappa shape index (κ2) is 15.7. The van der Waals surface area contributed by atoms with Crippen LogP contribution in [0.2, 0.25) is 0 Å². The van der Waals surface area contributed by atoms with E-state index in [1.807, 2.05) is 0 Å². The summed E-state index contributed by atoms with van der Waals surface area (Å²) in [5.74, 6) is 0. The molecule has 5 heteroatoms. The molecule has 0 aliphatic rings. The van der Waals surface area contributed by atoms with E-state index in [1.54, 1.807) is 0 Å². The Morgan fingerprint density at radius 1 is 1.67 bits per heavy atom. The molecule has 4 nitrogen and oxygen atoms in total. The van der Waals surface area contributed by atoms with Gasteiger partial charge in [-0.1, -0.05) is 6.92 Å². The molecule has 0 saturated carbocycles. The van der Waals surface area contributed by atoms with Crippen LogP contribution >= 0.6 is 0 Å². The summed E-state index contributed by atoms with van der Waals surface area (Å²) in [5.41, 5.74) is 5.03. The van der Waals surface area contributed by atoms with E-state index in [4.69, 9.17) is 20.7 Å². The molecule has 0 aromatic carbocycles. The second-order valence-corrected chi connectivity index (χ2v) is 1.07. The van der Waals surface area contributed by atoms with Crippen molar-refractivity contribution in [3.63, 3.8) is 0 Å². The zero-order valence-electron chi connectivity index (χ0n) is 6.79. The maximum atomic E-state index is 8.56. The predicted molar refractivity (Wildman–Crippen MR) is 31.1 cm³/mol. The SMILES string of the molecule is CCCN.O=C(O)O.[H-].[Na+]. The normalized spacial score (nSPS) is 6.00. The van der Waals surface area contributed by atoms with Gasteiger partial charge in [-0.3, -0.25) is 0 Å². The molecule has 0 rings (SSSR count). The molecule has 9 heavy (non-hydrogen) atoms. The molecular weight excluding hydrogens is 133 g/mol. The zero-order chi connectivity index (χ0) is 6.99. The van der Waals surface area contributed by atoms with E-state index >= 15 is 0 Å². The van der Waals surface area contributed by atoms with Crippen molar-refractivity contribution < 1.29 is 46.0 Å². The van der Waals surface area contributed by atoms with E-state index in [1.165, 1.54) is 0 Å². The van der Waals surface area contributed by atoms with Crippen LogP contribution in [-0.4, -0.2) is 22.9 Å². The topological polar surface area (TPSA) is 83.6 Å². The van der Waals surface area contributed by atoms with E-state index in [0.29, 0.717) is 0 Å². The minimum absolute atomic E-state index is 0. The summed E-state index contributed by atoms with van der Waals surface area (Å²) >= 11 is 0. The smallest absolute Gasteiger partial charge is 1.00 e. The van der Waals surface area contributed by atoms with Gasteiger partial charge in [-0.25, -0.2) is 4.79 Å². The third-order valence-electron chi connectivity index (χ3n) is 0.289. The second-order valence-electron chi connectivity index (χ2n) is 1.07. The molecule has 0 radical (unpaired) electrons. The van der Waals surface area contributed by atoms with E-state index < -0.39 is 6.16 Å². The van der Waals surface area contributed by atoms with E-state index in [0.717, 1.165) is 13.0 Å². The van der Waals surface area contributed by atoms with Crippen LogP contribution < -0.4 is 35.3 Å². The monoisotopic (exact) mass is 145 g/mol. The Morgan fingerprint density at radius 2 is 1.78 bits per heavy atom. The summed E-state index contributed by atoms with van der Waals surface area (Å²) in [6.45, 7) is 2.88. The van der Waals surface area contributed by atoms with E-state index in [2.05, 4.69) is 6.92 Å². The molecule has 0 aromatic rings. The summed E-state index contributed by atoms with van der Waals surface area (Å²) in [5, 5.41) is 13.9. The molecule has 0 bridgehead atoms. The van der Waals surface area contributed by atoms with E-state index in [-0.39, 0.29) is 31.0 Å². The van der Waals surface area contributed by atoms with Crippen molar-refractivity contribution in [2.75, 3.05) is 6.54 Å². The molecule has 0 spiro atoms. The van der Waals surface area contributed by atoms with Gasteiger partial charge in [0, 0.05) is 0 Å². The fraction of sp³-hybridized carbons (Fsp3) is 0.750. The van der Waals surface area contributed by atoms with Gasteiger partial charge in [0.25, 0.3) is 0 Å². The molecular formula is C4H12NNaO3.